The molecule has 1 unspecified atom stereocenters. The molecule has 4 nitrogen and oxygen atoms in total. The zero-order chi connectivity index (χ0) is 14.5. The Morgan fingerprint density at radius 1 is 1.45 bits per heavy atom. The van der Waals surface area contributed by atoms with Gasteiger partial charge in [-0.2, -0.15) is 11.3 Å². The first-order valence-corrected chi connectivity index (χ1v) is 7.39. The van der Waals surface area contributed by atoms with Crippen molar-refractivity contribution in [1.29, 1.82) is 0 Å². The monoisotopic (exact) mass is 310 g/mol. The number of aryl methyl sites for hydroxylation is 1. The molecule has 20 heavy (non-hydrogen) atoms. The maximum atomic E-state index is 11.8. The Labute approximate surface area is 126 Å². The summed E-state index contributed by atoms with van der Waals surface area (Å²) < 4.78 is 0. The lowest BCUT2D eigenvalue weighted by Crippen LogP contribution is -2.32. The van der Waals surface area contributed by atoms with Crippen LogP contribution in [0.5, 0.6) is 0 Å². The molecule has 0 spiro atoms. The number of thiophene rings is 1. The van der Waals surface area contributed by atoms with Gasteiger partial charge in [-0.05, 0) is 47.0 Å². The molecule has 1 aromatic carbocycles. The summed E-state index contributed by atoms with van der Waals surface area (Å²) in [4.78, 5) is 11.8. The van der Waals surface area contributed by atoms with Crippen molar-refractivity contribution < 1.29 is 9.90 Å². The number of aliphatic hydroxyl groups is 1. The van der Waals surface area contributed by atoms with E-state index in [4.69, 9.17) is 11.6 Å². The molecule has 0 saturated heterocycles. The van der Waals surface area contributed by atoms with Crippen molar-refractivity contribution in [1.82, 2.24) is 5.32 Å². The number of benzene rings is 1. The van der Waals surface area contributed by atoms with E-state index in [9.17, 15) is 9.90 Å². The van der Waals surface area contributed by atoms with E-state index >= 15 is 0 Å². The van der Waals surface area contributed by atoms with Crippen LogP contribution in [0, 0.1) is 6.92 Å². The van der Waals surface area contributed by atoms with Gasteiger partial charge in [-0.15, -0.1) is 0 Å². The van der Waals surface area contributed by atoms with Gasteiger partial charge in [0.1, 0.15) is 0 Å². The normalized spacial score (nSPS) is 11.9. The molecule has 0 aliphatic rings. The van der Waals surface area contributed by atoms with Gasteiger partial charge in [0.15, 0.2) is 0 Å². The molecule has 1 atom stereocenters. The lowest BCUT2D eigenvalue weighted by atomic mass is 10.2. The summed E-state index contributed by atoms with van der Waals surface area (Å²) >= 11 is 7.39. The standard InChI is InChI=1S/C14H15ClN2O2S/c1-9-2-3-11(15)6-12(9)17-14(19)16-7-13(18)10-4-5-20-8-10/h2-6,8,13,18H,7H2,1H3,(H2,16,17,19). The van der Waals surface area contributed by atoms with Gasteiger partial charge in [0, 0.05) is 17.3 Å². The Balaban J connectivity index is 1.88. The van der Waals surface area contributed by atoms with Gasteiger partial charge >= 0.3 is 6.03 Å². The maximum Gasteiger partial charge on any atom is 0.319 e. The van der Waals surface area contributed by atoms with Crippen molar-refractivity contribution in [3.05, 3.63) is 51.2 Å². The largest absolute Gasteiger partial charge is 0.387 e. The van der Waals surface area contributed by atoms with Gasteiger partial charge in [0.05, 0.1) is 6.10 Å². The maximum absolute atomic E-state index is 11.8. The molecule has 106 valence electrons. The predicted octanol–water partition coefficient (Wildman–Crippen LogP) is 3.57. The molecular weight excluding hydrogens is 296 g/mol. The van der Waals surface area contributed by atoms with Crippen LogP contribution in [0.15, 0.2) is 35.0 Å². The number of hydrogen-bond donors (Lipinski definition) is 3. The summed E-state index contributed by atoms with van der Waals surface area (Å²) in [6.07, 6.45) is -0.701. The number of hydrogen-bond acceptors (Lipinski definition) is 3. The van der Waals surface area contributed by atoms with Crippen LogP contribution < -0.4 is 10.6 Å². The zero-order valence-electron chi connectivity index (χ0n) is 10.9. The summed E-state index contributed by atoms with van der Waals surface area (Å²) in [6.45, 7) is 2.04. The quantitative estimate of drug-likeness (QED) is 0.808. The van der Waals surface area contributed by atoms with Gasteiger partial charge in [-0.25, -0.2) is 4.79 Å². The molecular formula is C14H15ClN2O2S. The molecule has 0 bridgehead atoms. The Kier molecular flexibility index (Phi) is 5.00. The number of anilines is 1. The summed E-state index contributed by atoms with van der Waals surface area (Å²) in [5, 5.41) is 19.5. The van der Waals surface area contributed by atoms with E-state index < -0.39 is 6.10 Å². The minimum atomic E-state index is -0.701. The van der Waals surface area contributed by atoms with Crippen molar-refractivity contribution in [3.63, 3.8) is 0 Å². The molecule has 3 N–H and O–H groups in total. The number of urea groups is 1. The molecule has 0 saturated carbocycles. The number of carbonyl (C=O) groups excluding carboxylic acids is 1. The fourth-order valence-electron chi connectivity index (χ4n) is 1.67. The summed E-state index contributed by atoms with van der Waals surface area (Å²) in [7, 11) is 0. The second kappa shape index (κ2) is 6.74. The van der Waals surface area contributed by atoms with Crippen LogP contribution in [0.4, 0.5) is 10.5 Å². The number of rotatable bonds is 4. The van der Waals surface area contributed by atoms with Gasteiger partial charge in [0.2, 0.25) is 0 Å². The number of halogens is 1. The van der Waals surface area contributed by atoms with Crippen LogP contribution in [0.1, 0.15) is 17.2 Å². The third-order valence-electron chi connectivity index (χ3n) is 2.83. The average molecular weight is 311 g/mol. The van der Waals surface area contributed by atoms with Crippen LogP contribution in [0.3, 0.4) is 0 Å². The van der Waals surface area contributed by atoms with E-state index in [2.05, 4.69) is 10.6 Å². The summed E-state index contributed by atoms with van der Waals surface area (Å²) in [5.41, 5.74) is 2.37. The van der Waals surface area contributed by atoms with Crippen molar-refractivity contribution >= 4 is 34.7 Å². The molecule has 2 aromatic rings. The lowest BCUT2D eigenvalue weighted by molar-refractivity contribution is 0.175. The van der Waals surface area contributed by atoms with E-state index in [0.717, 1.165) is 11.1 Å². The summed E-state index contributed by atoms with van der Waals surface area (Å²) in [6, 6.07) is 6.74. The van der Waals surface area contributed by atoms with E-state index in [-0.39, 0.29) is 12.6 Å². The van der Waals surface area contributed by atoms with Crippen molar-refractivity contribution in [2.24, 2.45) is 0 Å². The molecule has 0 fully saturated rings. The summed E-state index contributed by atoms with van der Waals surface area (Å²) in [5.74, 6) is 0. The van der Waals surface area contributed by atoms with E-state index in [1.54, 1.807) is 12.1 Å². The second-order valence-corrected chi connectivity index (χ2v) is 5.58. The second-order valence-electron chi connectivity index (χ2n) is 4.37. The van der Waals surface area contributed by atoms with E-state index in [1.807, 2.05) is 29.8 Å². The minimum Gasteiger partial charge on any atom is -0.387 e. The Morgan fingerprint density at radius 2 is 2.25 bits per heavy atom. The first-order chi connectivity index (χ1) is 9.56. The van der Waals surface area contributed by atoms with Gasteiger partial charge in [-0.3, -0.25) is 0 Å². The van der Waals surface area contributed by atoms with E-state index in [0.29, 0.717) is 10.7 Å². The number of nitrogens with one attached hydrogen (secondary N) is 2. The highest BCUT2D eigenvalue weighted by Gasteiger charge is 2.10. The highest BCUT2D eigenvalue weighted by atomic mass is 35.5. The highest BCUT2D eigenvalue weighted by Crippen LogP contribution is 2.20. The third-order valence-corrected chi connectivity index (χ3v) is 3.77. The van der Waals surface area contributed by atoms with Crippen molar-refractivity contribution in [2.45, 2.75) is 13.0 Å². The molecule has 2 rings (SSSR count). The average Bonchev–Trinajstić information content (AvgIpc) is 2.94. The fourth-order valence-corrected chi connectivity index (χ4v) is 2.55. The molecule has 6 heteroatoms. The lowest BCUT2D eigenvalue weighted by Gasteiger charge is -2.13. The van der Waals surface area contributed by atoms with Gasteiger partial charge < -0.3 is 15.7 Å². The van der Waals surface area contributed by atoms with E-state index in [1.165, 1.54) is 11.3 Å². The number of amides is 2. The molecule has 0 aliphatic carbocycles. The van der Waals surface area contributed by atoms with Crippen molar-refractivity contribution in [2.75, 3.05) is 11.9 Å². The smallest absolute Gasteiger partial charge is 0.319 e. The minimum absolute atomic E-state index is 0.155. The molecule has 2 amide bonds. The van der Waals surface area contributed by atoms with Gasteiger partial charge in [-0.1, -0.05) is 17.7 Å². The molecule has 0 aliphatic heterocycles. The Hall–Kier alpha value is -1.56. The topological polar surface area (TPSA) is 61.4 Å². The van der Waals surface area contributed by atoms with Crippen LogP contribution in [0.25, 0.3) is 0 Å². The Morgan fingerprint density at radius 3 is 2.95 bits per heavy atom. The first-order valence-electron chi connectivity index (χ1n) is 6.07. The van der Waals surface area contributed by atoms with Crippen LogP contribution >= 0.6 is 22.9 Å². The number of aliphatic hydroxyl groups excluding tert-OH is 1. The van der Waals surface area contributed by atoms with Crippen LogP contribution in [0.2, 0.25) is 5.02 Å². The third kappa shape index (κ3) is 3.96. The predicted molar refractivity (Wildman–Crippen MR) is 82.5 cm³/mol. The van der Waals surface area contributed by atoms with Crippen LogP contribution in [-0.4, -0.2) is 17.7 Å². The van der Waals surface area contributed by atoms with Gasteiger partial charge in [0.25, 0.3) is 0 Å². The Bertz CT molecular complexity index is 587. The molecule has 0 radical (unpaired) electrons. The molecule has 1 aromatic heterocycles. The first kappa shape index (κ1) is 14.8. The fraction of sp³-hybridized carbons (Fsp3) is 0.214. The highest BCUT2D eigenvalue weighted by molar-refractivity contribution is 7.07. The number of carbonyl (C=O) groups is 1. The molecule has 1 heterocycles. The SMILES string of the molecule is Cc1ccc(Cl)cc1NC(=O)NCC(O)c1ccsc1. The van der Waals surface area contributed by atoms with Crippen molar-refractivity contribution in [3.8, 4) is 0 Å². The zero-order valence-corrected chi connectivity index (χ0v) is 12.5. The van der Waals surface area contributed by atoms with Crippen LogP contribution in [-0.2, 0) is 0 Å².